The average molecular weight is 431 g/mol. The summed E-state index contributed by atoms with van der Waals surface area (Å²) in [6.07, 6.45) is 3.24. The number of hydrogen-bond acceptors (Lipinski definition) is 4. The molecule has 0 bridgehead atoms. The Bertz CT molecular complexity index is 979. The molecule has 1 heterocycles. The summed E-state index contributed by atoms with van der Waals surface area (Å²) < 4.78 is 33.1. The van der Waals surface area contributed by atoms with E-state index in [-0.39, 0.29) is 10.8 Å². The molecule has 7 heteroatoms. The number of nitrogens with one attached hydrogen (secondary N) is 1. The van der Waals surface area contributed by atoms with Crippen molar-refractivity contribution in [2.24, 2.45) is 0 Å². The fraction of sp³-hybridized carbons (Fsp3) is 0.435. The third kappa shape index (κ3) is 5.21. The van der Waals surface area contributed by atoms with Crippen LogP contribution in [0.2, 0.25) is 0 Å². The van der Waals surface area contributed by atoms with Gasteiger partial charge in [-0.1, -0.05) is 25.0 Å². The molecule has 0 unspecified atom stereocenters. The minimum Gasteiger partial charge on any atom is -0.481 e. The zero-order valence-corrected chi connectivity index (χ0v) is 18.7. The van der Waals surface area contributed by atoms with Gasteiger partial charge in [-0.05, 0) is 75.1 Å². The number of carbonyl (C=O) groups is 1. The van der Waals surface area contributed by atoms with Crippen molar-refractivity contribution < 1.29 is 17.9 Å². The predicted octanol–water partition coefficient (Wildman–Crippen LogP) is 4.27. The Balaban J connectivity index is 1.64. The fourth-order valence-electron chi connectivity index (χ4n) is 3.48. The van der Waals surface area contributed by atoms with Gasteiger partial charge in [0.2, 0.25) is 10.0 Å². The first-order valence-electron chi connectivity index (χ1n) is 10.4. The van der Waals surface area contributed by atoms with Crippen LogP contribution in [0.4, 0.5) is 5.69 Å². The number of rotatable bonds is 6. The van der Waals surface area contributed by atoms with E-state index >= 15 is 0 Å². The molecule has 30 heavy (non-hydrogen) atoms. The molecule has 1 saturated heterocycles. The molecule has 1 aliphatic heterocycles. The number of aryl methyl sites for hydroxylation is 1. The van der Waals surface area contributed by atoms with E-state index in [1.54, 1.807) is 35.5 Å². The van der Waals surface area contributed by atoms with Gasteiger partial charge < -0.3 is 10.1 Å². The van der Waals surface area contributed by atoms with Crippen LogP contribution in [0.1, 0.15) is 43.7 Å². The zero-order valence-electron chi connectivity index (χ0n) is 17.8. The van der Waals surface area contributed by atoms with Gasteiger partial charge in [-0.3, -0.25) is 4.79 Å². The smallest absolute Gasteiger partial charge is 0.265 e. The van der Waals surface area contributed by atoms with Gasteiger partial charge in [0, 0.05) is 18.8 Å². The highest BCUT2D eigenvalue weighted by molar-refractivity contribution is 7.89. The summed E-state index contributed by atoms with van der Waals surface area (Å²) in [5.74, 6) is 0.385. The first-order chi connectivity index (χ1) is 14.3. The Kier molecular flexibility index (Phi) is 7.15. The van der Waals surface area contributed by atoms with Gasteiger partial charge in [-0.25, -0.2) is 8.42 Å². The topological polar surface area (TPSA) is 75.7 Å². The van der Waals surface area contributed by atoms with Crippen LogP contribution in [-0.4, -0.2) is 37.8 Å². The molecule has 1 aliphatic rings. The Labute approximate surface area is 179 Å². The van der Waals surface area contributed by atoms with Crippen LogP contribution < -0.4 is 10.1 Å². The third-order valence-electron chi connectivity index (χ3n) is 5.55. The molecule has 6 nitrogen and oxygen atoms in total. The van der Waals surface area contributed by atoms with Crippen LogP contribution in [0, 0.1) is 13.8 Å². The first-order valence-corrected chi connectivity index (χ1v) is 11.9. The van der Waals surface area contributed by atoms with E-state index in [1.807, 2.05) is 32.0 Å². The standard InChI is InChI=1S/C23H30N2O4S/c1-17-9-8-10-22(18(17)2)29-19(3)23(26)24-20-11-13-21(14-12-20)30(27,28)25-15-6-4-5-7-16-25/h8-14,19H,4-7,15-16H2,1-3H3,(H,24,26)/t19-/m1/s1. The maximum Gasteiger partial charge on any atom is 0.265 e. The van der Waals surface area contributed by atoms with Gasteiger partial charge in [-0.15, -0.1) is 0 Å². The summed E-state index contributed by atoms with van der Waals surface area (Å²) in [5.41, 5.74) is 2.63. The first kappa shape index (κ1) is 22.3. The summed E-state index contributed by atoms with van der Waals surface area (Å²) in [5, 5.41) is 2.79. The Hall–Kier alpha value is -2.38. The van der Waals surface area contributed by atoms with E-state index in [0.29, 0.717) is 24.5 Å². The predicted molar refractivity (Wildman–Crippen MR) is 118 cm³/mol. The van der Waals surface area contributed by atoms with E-state index in [9.17, 15) is 13.2 Å². The van der Waals surface area contributed by atoms with Crippen molar-refractivity contribution in [2.75, 3.05) is 18.4 Å². The highest BCUT2D eigenvalue weighted by Gasteiger charge is 2.25. The van der Waals surface area contributed by atoms with Gasteiger partial charge in [0.05, 0.1) is 4.90 Å². The largest absolute Gasteiger partial charge is 0.481 e. The normalized spacial score (nSPS) is 16.5. The number of carbonyl (C=O) groups excluding carboxylic acids is 1. The van der Waals surface area contributed by atoms with E-state index in [4.69, 9.17) is 4.74 Å². The maximum absolute atomic E-state index is 12.9. The summed E-state index contributed by atoms with van der Waals surface area (Å²) in [6, 6.07) is 12.1. The summed E-state index contributed by atoms with van der Waals surface area (Å²) in [7, 11) is -3.50. The van der Waals surface area contributed by atoms with Crippen LogP contribution >= 0.6 is 0 Å². The Morgan fingerprint density at radius 1 is 1.00 bits per heavy atom. The van der Waals surface area contributed by atoms with E-state index in [1.165, 1.54) is 0 Å². The summed E-state index contributed by atoms with van der Waals surface area (Å²) in [4.78, 5) is 12.8. The summed E-state index contributed by atoms with van der Waals surface area (Å²) in [6.45, 7) is 6.77. The number of anilines is 1. The second-order valence-electron chi connectivity index (χ2n) is 7.79. The fourth-order valence-corrected chi connectivity index (χ4v) is 5.00. The quantitative estimate of drug-likeness (QED) is 0.742. The van der Waals surface area contributed by atoms with E-state index < -0.39 is 16.1 Å². The molecule has 1 fully saturated rings. The molecule has 0 aliphatic carbocycles. The van der Waals surface area contributed by atoms with Gasteiger partial charge in [0.25, 0.3) is 5.91 Å². The maximum atomic E-state index is 12.9. The lowest BCUT2D eigenvalue weighted by Gasteiger charge is -2.20. The lowest BCUT2D eigenvalue weighted by Crippen LogP contribution is -2.32. The van der Waals surface area contributed by atoms with Crippen LogP contribution in [0.15, 0.2) is 47.4 Å². The van der Waals surface area contributed by atoms with Gasteiger partial charge in [0.1, 0.15) is 5.75 Å². The Morgan fingerprint density at radius 2 is 1.63 bits per heavy atom. The SMILES string of the molecule is Cc1cccc(O[C@H](C)C(=O)Nc2ccc(S(=O)(=O)N3CCCCCC3)cc2)c1C. The number of ether oxygens (including phenoxy) is 1. The number of nitrogens with zero attached hydrogens (tertiary/aromatic N) is 1. The van der Waals surface area contributed by atoms with Crippen LogP contribution in [-0.2, 0) is 14.8 Å². The van der Waals surface area contributed by atoms with Crippen molar-refractivity contribution >= 4 is 21.6 Å². The molecule has 3 rings (SSSR count). The molecular weight excluding hydrogens is 400 g/mol. The van der Waals surface area contributed by atoms with Crippen molar-refractivity contribution in [1.29, 1.82) is 0 Å². The highest BCUT2D eigenvalue weighted by Crippen LogP contribution is 2.23. The number of sulfonamides is 1. The van der Waals surface area contributed by atoms with Crippen molar-refractivity contribution in [3.8, 4) is 5.75 Å². The van der Waals surface area contributed by atoms with Crippen LogP contribution in [0.5, 0.6) is 5.75 Å². The van der Waals surface area contributed by atoms with Crippen molar-refractivity contribution in [1.82, 2.24) is 4.31 Å². The lowest BCUT2D eigenvalue weighted by molar-refractivity contribution is -0.122. The van der Waals surface area contributed by atoms with Crippen LogP contribution in [0.25, 0.3) is 0 Å². The molecule has 0 spiro atoms. The highest BCUT2D eigenvalue weighted by atomic mass is 32.2. The zero-order chi connectivity index (χ0) is 21.7. The minimum atomic E-state index is -3.50. The molecule has 2 aromatic carbocycles. The molecule has 0 saturated carbocycles. The minimum absolute atomic E-state index is 0.252. The van der Waals surface area contributed by atoms with E-state index in [2.05, 4.69) is 5.32 Å². The third-order valence-corrected chi connectivity index (χ3v) is 7.47. The van der Waals surface area contributed by atoms with Crippen LogP contribution in [0.3, 0.4) is 0 Å². The molecule has 1 amide bonds. The number of hydrogen-bond donors (Lipinski definition) is 1. The lowest BCUT2D eigenvalue weighted by atomic mass is 10.1. The van der Waals surface area contributed by atoms with Gasteiger partial charge in [0.15, 0.2) is 6.10 Å². The number of benzene rings is 2. The van der Waals surface area contributed by atoms with Gasteiger partial charge in [-0.2, -0.15) is 4.31 Å². The molecule has 1 atom stereocenters. The van der Waals surface area contributed by atoms with Crippen molar-refractivity contribution in [3.05, 3.63) is 53.6 Å². The van der Waals surface area contributed by atoms with Crippen molar-refractivity contribution in [2.45, 2.75) is 57.5 Å². The molecule has 0 radical (unpaired) electrons. The molecular formula is C23H30N2O4S. The van der Waals surface area contributed by atoms with E-state index in [0.717, 1.165) is 36.8 Å². The molecule has 1 N–H and O–H groups in total. The molecule has 0 aromatic heterocycles. The van der Waals surface area contributed by atoms with Crippen molar-refractivity contribution in [3.63, 3.8) is 0 Å². The summed E-state index contributed by atoms with van der Waals surface area (Å²) >= 11 is 0. The average Bonchev–Trinajstić information content (AvgIpc) is 3.02. The number of amides is 1. The van der Waals surface area contributed by atoms with Gasteiger partial charge >= 0.3 is 0 Å². The molecule has 2 aromatic rings. The second-order valence-corrected chi connectivity index (χ2v) is 9.73. The monoisotopic (exact) mass is 430 g/mol. The molecule has 162 valence electrons. The Morgan fingerprint density at radius 3 is 2.27 bits per heavy atom. The second kappa shape index (κ2) is 9.62.